The van der Waals surface area contributed by atoms with E-state index in [0.29, 0.717) is 10.6 Å². The summed E-state index contributed by atoms with van der Waals surface area (Å²) in [5.41, 5.74) is -0.757. The fourth-order valence-corrected chi connectivity index (χ4v) is 3.94. The number of amides is 1. The molecule has 0 spiro atoms. The average Bonchev–Trinajstić information content (AvgIpc) is 2.68. The van der Waals surface area contributed by atoms with E-state index in [0.717, 1.165) is 0 Å². The van der Waals surface area contributed by atoms with Gasteiger partial charge in [-0.05, 0) is 29.8 Å². The number of sulfonamides is 1. The molecule has 1 fully saturated rings. The molecule has 0 bridgehead atoms. The molecule has 1 aliphatic rings. The molecule has 1 amide bonds. The molecule has 0 atom stereocenters. The lowest BCUT2D eigenvalue weighted by Gasteiger charge is -2.29. The molecular weight excluding hydrogens is 435 g/mol. The lowest BCUT2D eigenvalue weighted by Crippen LogP contribution is -2.37. The Labute approximate surface area is 179 Å². The van der Waals surface area contributed by atoms with E-state index in [1.165, 1.54) is 18.2 Å². The summed E-state index contributed by atoms with van der Waals surface area (Å²) in [6.45, 7) is 0.230. The van der Waals surface area contributed by atoms with E-state index in [-0.39, 0.29) is 61.3 Å². The van der Waals surface area contributed by atoms with Crippen molar-refractivity contribution in [1.29, 1.82) is 0 Å². The fraction of sp³-hybridized carbons (Fsp3) is 0.350. The first-order valence-corrected chi connectivity index (χ1v) is 11.2. The number of carbonyl (C=O) groups is 1. The molecule has 2 aromatic rings. The highest BCUT2D eigenvalue weighted by Crippen LogP contribution is 2.31. The zero-order valence-electron chi connectivity index (χ0n) is 16.1. The normalized spacial score (nSPS) is 16.1. The van der Waals surface area contributed by atoms with Crippen LogP contribution in [-0.4, -0.2) is 39.8 Å². The summed E-state index contributed by atoms with van der Waals surface area (Å²) < 4.78 is 49.3. The Morgan fingerprint density at radius 2 is 1.93 bits per heavy atom. The molecule has 30 heavy (non-hydrogen) atoms. The van der Waals surface area contributed by atoms with Crippen LogP contribution in [0, 0.1) is 0 Å². The van der Waals surface area contributed by atoms with Gasteiger partial charge in [0.25, 0.3) is 0 Å². The Kier molecular flexibility index (Phi) is 6.97. The SMILES string of the molecule is NS(=O)(=O)c1cc(NC(=O)Cc2ccccc2Cl)ccc1OCC1(F)CCOCC1. The van der Waals surface area contributed by atoms with Crippen LogP contribution in [-0.2, 0) is 26.0 Å². The quantitative estimate of drug-likeness (QED) is 0.665. The summed E-state index contributed by atoms with van der Waals surface area (Å²) in [6.07, 6.45) is 0.330. The van der Waals surface area contributed by atoms with Gasteiger partial charge in [-0.2, -0.15) is 0 Å². The van der Waals surface area contributed by atoms with Gasteiger partial charge in [-0.1, -0.05) is 29.8 Å². The maximum atomic E-state index is 14.7. The third kappa shape index (κ3) is 5.91. The Balaban J connectivity index is 1.74. The minimum atomic E-state index is -4.17. The molecule has 162 valence electrons. The van der Waals surface area contributed by atoms with Crippen LogP contribution in [0.1, 0.15) is 18.4 Å². The van der Waals surface area contributed by atoms with Crippen molar-refractivity contribution in [1.82, 2.24) is 0 Å². The van der Waals surface area contributed by atoms with E-state index >= 15 is 0 Å². The molecule has 2 aromatic carbocycles. The maximum absolute atomic E-state index is 14.7. The van der Waals surface area contributed by atoms with Gasteiger partial charge in [0.05, 0.1) is 6.42 Å². The number of hydrogen-bond donors (Lipinski definition) is 2. The van der Waals surface area contributed by atoms with Crippen LogP contribution in [0.15, 0.2) is 47.4 Å². The Bertz CT molecular complexity index is 1030. The van der Waals surface area contributed by atoms with Gasteiger partial charge in [-0.3, -0.25) is 4.79 Å². The Hall–Kier alpha value is -2.20. The van der Waals surface area contributed by atoms with Crippen LogP contribution in [0.4, 0.5) is 10.1 Å². The minimum absolute atomic E-state index is 0.00900. The van der Waals surface area contributed by atoms with E-state index in [9.17, 15) is 17.6 Å². The van der Waals surface area contributed by atoms with E-state index in [4.69, 9.17) is 26.2 Å². The summed E-state index contributed by atoms with van der Waals surface area (Å²) in [5.74, 6) is -0.466. The Morgan fingerprint density at radius 3 is 2.60 bits per heavy atom. The highest BCUT2D eigenvalue weighted by molar-refractivity contribution is 7.89. The van der Waals surface area contributed by atoms with Crippen molar-refractivity contribution >= 4 is 33.2 Å². The minimum Gasteiger partial charge on any atom is -0.489 e. The number of ether oxygens (including phenoxy) is 2. The zero-order valence-corrected chi connectivity index (χ0v) is 17.6. The number of anilines is 1. The second-order valence-electron chi connectivity index (χ2n) is 7.07. The predicted molar refractivity (Wildman–Crippen MR) is 111 cm³/mol. The van der Waals surface area contributed by atoms with Crippen molar-refractivity contribution in [3.63, 3.8) is 0 Å². The molecule has 7 nitrogen and oxygen atoms in total. The first kappa shape index (κ1) is 22.5. The number of nitrogens with two attached hydrogens (primary N) is 1. The van der Waals surface area contributed by atoms with Crippen LogP contribution in [0.2, 0.25) is 5.02 Å². The van der Waals surface area contributed by atoms with Gasteiger partial charge in [0.15, 0.2) is 0 Å². The van der Waals surface area contributed by atoms with Gasteiger partial charge in [0, 0.05) is 36.8 Å². The fourth-order valence-electron chi connectivity index (χ4n) is 3.04. The molecule has 1 heterocycles. The first-order valence-electron chi connectivity index (χ1n) is 9.26. The summed E-state index contributed by atoms with van der Waals surface area (Å²) in [6, 6.07) is 10.9. The number of benzene rings is 2. The highest BCUT2D eigenvalue weighted by Gasteiger charge is 2.34. The second-order valence-corrected chi connectivity index (χ2v) is 9.01. The topological polar surface area (TPSA) is 108 Å². The summed E-state index contributed by atoms with van der Waals surface area (Å²) >= 11 is 6.06. The number of carbonyl (C=O) groups excluding carboxylic acids is 1. The lowest BCUT2D eigenvalue weighted by atomic mass is 9.98. The van der Waals surface area contributed by atoms with Crippen LogP contribution >= 0.6 is 11.6 Å². The first-order chi connectivity index (χ1) is 14.2. The van der Waals surface area contributed by atoms with Gasteiger partial charge in [0.1, 0.15) is 22.9 Å². The van der Waals surface area contributed by atoms with Crippen LogP contribution < -0.4 is 15.2 Å². The maximum Gasteiger partial charge on any atom is 0.241 e. The second kappa shape index (κ2) is 9.30. The molecule has 3 rings (SSSR count). The number of rotatable bonds is 7. The van der Waals surface area contributed by atoms with Gasteiger partial charge in [0.2, 0.25) is 15.9 Å². The number of nitrogens with one attached hydrogen (secondary N) is 1. The van der Waals surface area contributed by atoms with E-state index in [1.54, 1.807) is 24.3 Å². The van der Waals surface area contributed by atoms with Crippen molar-refractivity contribution in [2.75, 3.05) is 25.1 Å². The van der Waals surface area contributed by atoms with E-state index < -0.39 is 15.7 Å². The number of primary sulfonamides is 1. The van der Waals surface area contributed by atoms with Crippen molar-refractivity contribution in [2.24, 2.45) is 5.14 Å². The van der Waals surface area contributed by atoms with Gasteiger partial charge in [-0.15, -0.1) is 0 Å². The monoisotopic (exact) mass is 456 g/mol. The van der Waals surface area contributed by atoms with Crippen molar-refractivity contribution < 1.29 is 27.1 Å². The molecule has 0 radical (unpaired) electrons. The number of halogens is 2. The number of alkyl halides is 1. The van der Waals surface area contributed by atoms with Crippen LogP contribution in [0.3, 0.4) is 0 Å². The van der Waals surface area contributed by atoms with Gasteiger partial charge in [-0.25, -0.2) is 17.9 Å². The average molecular weight is 457 g/mol. The number of hydrogen-bond acceptors (Lipinski definition) is 5. The Morgan fingerprint density at radius 1 is 1.23 bits per heavy atom. The molecule has 10 heteroatoms. The van der Waals surface area contributed by atoms with E-state index in [2.05, 4.69) is 5.32 Å². The summed E-state index contributed by atoms with van der Waals surface area (Å²) in [5, 5.41) is 8.35. The van der Waals surface area contributed by atoms with Crippen molar-refractivity contribution in [3.05, 3.63) is 53.1 Å². The highest BCUT2D eigenvalue weighted by atomic mass is 35.5. The summed E-state index contributed by atoms with van der Waals surface area (Å²) in [4.78, 5) is 12.0. The molecule has 0 saturated carbocycles. The van der Waals surface area contributed by atoms with Crippen molar-refractivity contribution in [2.45, 2.75) is 29.8 Å². The largest absolute Gasteiger partial charge is 0.489 e. The van der Waals surface area contributed by atoms with E-state index in [1.807, 2.05) is 0 Å². The van der Waals surface area contributed by atoms with Crippen molar-refractivity contribution in [3.8, 4) is 5.75 Å². The lowest BCUT2D eigenvalue weighted by molar-refractivity contribution is -0.115. The molecule has 0 aliphatic carbocycles. The molecule has 3 N–H and O–H groups in total. The summed E-state index contributed by atoms with van der Waals surface area (Å²) in [7, 11) is -4.17. The standard InChI is InChI=1S/C20H22ClFN2O5S/c21-16-4-2-1-3-14(16)11-19(25)24-15-5-6-17(18(12-15)30(23,26)27)29-13-20(22)7-9-28-10-8-20/h1-6,12H,7-11,13H2,(H,24,25)(H2,23,26,27). The third-order valence-corrected chi connectivity index (χ3v) is 6.02. The van der Waals surface area contributed by atoms with Gasteiger partial charge < -0.3 is 14.8 Å². The molecular formula is C20H22ClFN2O5S. The smallest absolute Gasteiger partial charge is 0.241 e. The molecule has 0 aromatic heterocycles. The van der Waals surface area contributed by atoms with Gasteiger partial charge >= 0.3 is 0 Å². The third-order valence-electron chi connectivity index (χ3n) is 4.72. The molecule has 0 unspecified atom stereocenters. The zero-order chi connectivity index (χ0) is 21.8. The molecule has 1 aliphatic heterocycles. The van der Waals surface area contributed by atoms with Crippen LogP contribution in [0.5, 0.6) is 5.75 Å². The molecule has 1 saturated heterocycles. The van der Waals surface area contributed by atoms with Crippen LogP contribution in [0.25, 0.3) is 0 Å². The predicted octanol–water partition coefficient (Wildman–Crippen LogP) is 3.07.